The number of hydrogen-bond acceptors (Lipinski definition) is 4. The normalized spacial score (nSPS) is 18.7. The van der Waals surface area contributed by atoms with Crippen LogP contribution in [0.2, 0.25) is 5.02 Å². The maximum Gasteiger partial charge on any atom is 0.254 e. The smallest absolute Gasteiger partial charge is 0.254 e. The number of halogens is 1. The van der Waals surface area contributed by atoms with Crippen LogP contribution in [0.4, 0.5) is 0 Å². The molecule has 30 heavy (non-hydrogen) atoms. The van der Waals surface area contributed by atoms with E-state index in [1.807, 2.05) is 24.0 Å². The van der Waals surface area contributed by atoms with Crippen molar-refractivity contribution in [3.05, 3.63) is 52.8 Å². The Hall–Kier alpha value is -2.41. The third-order valence-electron chi connectivity index (χ3n) is 6.12. The molecule has 0 unspecified atom stereocenters. The monoisotopic (exact) mass is 424 g/mol. The number of piperazine rings is 1. The highest BCUT2D eigenvalue weighted by Gasteiger charge is 2.50. The number of aryl methyl sites for hydroxylation is 1. The van der Waals surface area contributed by atoms with Gasteiger partial charge in [0, 0.05) is 43.3 Å². The maximum absolute atomic E-state index is 12.3. The fourth-order valence-electron chi connectivity index (χ4n) is 4.21. The molecule has 0 bridgehead atoms. The van der Waals surface area contributed by atoms with Gasteiger partial charge in [-0.25, -0.2) is 4.98 Å². The summed E-state index contributed by atoms with van der Waals surface area (Å²) in [5.41, 5.74) is 4.17. The van der Waals surface area contributed by atoms with Crippen molar-refractivity contribution < 1.29 is 9.90 Å². The quantitative estimate of drug-likeness (QED) is 0.673. The highest BCUT2D eigenvalue weighted by atomic mass is 35.5. The lowest BCUT2D eigenvalue weighted by Gasteiger charge is -2.35. The fourth-order valence-corrected chi connectivity index (χ4v) is 4.43. The molecule has 2 heterocycles. The molecular formula is C23H25ClN4O2. The third-order valence-corrected chi connectivity index (χ3v) is 6.34. The van der Waals surface area contributed by atoms with E-state index in [4.69, 9.17) is 11.6 Å². The Bertz CT molecular complexity index is 1100. The van der Waals surface area contributed by atoms with E-state index >= 15 is 0 Å². The number of nitrogens with zero attached hydrogens (tertiary/aromatic N) is 3. The highest BCUT2D eigenvalue weighted by Crippen LogP contribution is 2.37. The van der Waals surface area contributed by atoms with Crippen molar-refractivity contribution in [2.45, 2.75) is 31.9 Å². The van der Waals surface area contributed by atoms with Crippen LogP contribution in [-0.4, -0.2) is 62.6 Å². The fraction of sp³-hybridized carbons (Fsp3) is 0.391. The molecule has 1 saturated heterocycles. The summed E-state index contributed by atoms with van der Waals surface area (Å²) in [4.78, 5) is 24.3. The molecule has 1 aliphatic heterocycles. The summed E-state index contributed by atoms with van der Waals surface area (Å²) in [6, 6.07) is 12.4. The summed E-state index contributed by atoms with van der Waals surface area (Å²) in [6.45, 7) is 5.80. The molecular weight excluding hydrogens is 400 g/mol. The van der Waals surface area contributed by atoms with Crippen molar-refractivity contribution in [2.24, 2.45) is 0 Å². The van der Waals surface area contributed by atoms with Gasteiger partial charge in [-0.3, -0.25) is 9.69 Å². The van der Waals surface area contributed by atoms with E-state index < -0.39 is 5.60 Å². The first-order valence-electron chi connectivity index (χ1n) is 10.4. The van der Waals surface area contributed by atoms with E-state index in [1.165, 1.54) is 5.56 Å². The van der Waals surface area contributed by atoms with Gasteiger partial charge in [-0.1, -0.05) is 35.9 Å². The van der Waals surface area contributed by atoms with Gasteiger partial charge < -0.3 is 15.0 Å². The number of carbonyl (C=O) groups is 1. The van der Waals surface area contributed by atoms with E-state index in [1.54, 1.807) is 0 Å². The van der Waals surface area contributed by atoms with Crippen molar-refractivity contribution in [2.75, 3.05) is 26.2 Å². The van der Waals surface area contributed by atoms with Crippen molar-refractivity contribution in [3.63, 3.8) is 0 Å². The Morgan fingerprint density at radius 1 is 1.17 bits per heavy atom. The van der Waals surface area contributed by atoms with E-state index in [2.05, 4.69) is 39.1 Å². The molecule has 7 heteroatoms. The summed E-state index contributed by atoms with van der Waals surface area (Å²) in [5, 5.41) is 10.7. The minimum Gasteiger partial charge on any atom is -0.380 e. The van der Waals surface area contributed by atoms with Crippen molar-refractivity contribution in [1.82, 2.24) is 19.8 Å². The van der Waals surface area contributed by atoms with Crippen LogP contribution < -0.4 is 0 Å². The molecule has 2 aromatic carbocycles. The van der Waals surface area contributed by atoms with Crippen LogP contribution in [-0.2, 0) is 11.3 Å². The summed E-state index contributed by atoms with van der Waals surface area (Å²) in [5.74, 6) is 0.782. The minimum absolute atomic E-state index is 0.0899. The number of rotatable bonds is 4. The van der Waals surface area contributed by atoms with Crippen LogP contribution in [0.5, 0.6) is 0 Å². The van der Waals surface area contributed by atoms with Crippen LogP contribution in [0.25, 0.3) is 22.2 Å². The van der Waals surface area contributed by atoms with Crippen LogP contribution in [0, 0.1) is 6.92 Å². The second-order valence-corrected chi connectivity index (χ2v) is 8.91. The highest BCUT2D eigenvalue weighted by molar-refractivity contribution is 6.31. The van der Waals surface area contributed by atoms with Crippen molar-refractivity contribution in [3.8, 4) is 11.1 Å². The molecule has 6 nitrogen and oxygen atoms in total. The second-order valence-electron chi connectivity index (χ2n) is 8.47. The average Bonchev–Trinajstić information content (AvgIpc) is 3.38. The summed E-state index contributed by atoms with van der Waals surface area (Å²) in [6.07, 6.45) is 1.21. The molecule has 1 aromatic heterocycles. The number of aromatic amines is 1. The number of benzene rings is 2. The number of amides is 1. The predicted octanol–water partition coefficient (Wildman–Crippen LogP) is 3.36. The number of nitrogens with one attached hydrogen (secondary N) is 1. The summed E-state index contributed by atoms with van der Waals surface area (Å²) in [7, 11) is 0. The van der Waals surface area contributed by atoms with Gasteiger partial charge in [-0.2, -0.15) is 0 Å². The van der Waals surface area contributed by atoms with E-state index in [0.29, 0.717) is 31.0 Å². The first kappa shape index (κ1) is 19.5. The largest absolute Gasteiger partial charge is 0.380 e. The minimum atomic E-state index is -1.06. The zero-order valence-corrected chi connectivity index (χ0v) is 17.7. The van der Waals surface area contributed by atoms with Gasteiger partial charge in [0.1, 0.15) is 11.4 Å². The van der Waals surface area contributed by atoms with E-state index in [9.17, 15) is 9.90 Å². The zero-order chi connectivity index (χ0) is 20.9. The number of fused-ring (bicyclic) bond motifs is 1. The molecule has 2 N–H and O–H groups in total. The number of aromatic nitrogens is 2. The van der Waals surface area contributed by atoms with E-state index in [-0.39, 0.29) is 5.91 Å². The van der Waals surface area contributed by atoms with Crippen LogP contribution in [0.3, 0.4) is 0 Å². The molecule has 0 atom stereocenters. The lowest BCUT2D eigenvalue weighted by Crippen LogP contribution is -2.51. The standard InChI is InChI=1S/C23H25ClN4O2/c1-15-25-20-13-18(24)12-19(21(20)26-15)17-4-2-16(3-5-17)14-27-8-10-28(11-9-27)22(29)23(30)6-7-23/h2-5,12-13,30H,6-11,14H2,1H3,(H,25,26). The molecule has 1 amide bonds. The molecule has 0 spiro atoms. The number of H-pyrrole nitrogens is 1. The first-order chi connectivity index (χ1) is 14.4. The van der Waals surface area contributed by atoms with Crippen LogP contribution in [0.15, 0.2) is 36.4 Å². The van der Waals surface area contributed by atoms with Crippen molar-refractivity contribution in [1.29, 1.82) is 0 Å². The Kier molecular flexibility index (Phi) is 4.81. The molecule has 156 valence electrons. The van der Waals surface area contributed by atoms with Crippen molar-refractivity contribution >= 4 is 28.5 Å². The molecule has 5 rings (SSSR count). The second kappa shape index (κ2) is 7.38. The maximum atomic E-state index is 12.3. The zero-order valence-electron chi connectivity index (χ0n) is 17.0. The van der Waals surface area contributed by atoms with Gasteiger partial charge in [0.05, 0.1) is 11.0 Å². The third kappa shape index (κ3) is 3.71. The topological polar surface area (TPSA) is 72.5 Å². The Balaban J connectivity index is 1.26. The number of aliphatic hydroxyl groups is 1. The first-order valence-corrected chi connectivity index (χ1v) is 10.8. The number of hydrogen-bond donors (Lipinski definition) is 2. The van der Waals surface area contributed by atoms with Gasteiger partial charge in [0.25, 0.3) is 5.91 Å². The Morgan fingerprint density at radius 3 is 2.53 bits per heavy atom. The molecule has 1 saturated carbocycles. The number of carbonyl (C=O) groups excluding carboxylic acids is 1. The molecule has 0 radical (unpaired) electrons. The number of imidazole rings is 1. The summed E-state index contributed by atoms with van der Waals surface area (Å²) < 4.78 is 0. The van der Waals surface area contributed by atoms with Gasteiger partial charge in [-0.15, -0.1) is 0 Å². The molecule has 3 aromatic rings. The van der Waals surface area contributed by atoms with Gasteiger partial charge in [0.15, 0.2) is 0 Å². The average molecular weight is 425 g/mol. The van der Waals surface area contributed by atoms with Crippen LogP contribution in [0.1, 0.15) is 24.2 Å². The van der Waals surface area contributed by atoms with Gasteiger partial charge in [-0.05, 0) is 43.0 Å². The van der Waals surface area contributed by atoms with E-state index in [0.717, 1.165) is 47.6 Å². The molecule has 2 aliphatic rings. The molecule has 1 aliphatic carbocycles. The lowest BCUT2D eigenvalue weighted by atomic mass is 10.0. The molecule has 2 fully saturated rings. The Labute approximate surface area is 180 Å². The van der Waals surface area contributed by atoms with Gasteiger partial charge >= 0.3 is 0 Å². The lowest BCUT2D eigenvalue weighted by molar-refractivity contribution is -0.144. The van der Waals surface area contributed by atoms with Gasteiger partial charge in [0.2, 0.25) is 0 Å². The summed E-state index contributed by atoms with van der Waals surface area (Å²) >= 11 is 6.31. The van der Waals surface area contributed by atoms with Crippen LogP contribution >= 0.6 is 11.6 Å². The predicted molar refractivity (Wildman–Crippen MR) is 117 cm³/mol. The SMILES string of the molecule is Cc1nc2c(-c3ccc(CN4CCN(C(=O)C5(O)CC5)CC4)cc3)cc(Cl)cc2[nH]1. The Morgan fingerprint density at radius 2 is 1.87 bits per heavy atom.